The van der Waals surface area contributed by atoms with Crippen molar-refractivity contribution in [1.82, 2.24) is 25.4 Å². The summed E-state index contributed by atoms with van der Waals surface area (Å²) in [5.74, 6) is 1.36. The summed E-state index contributed by atoms with van der Waals surface area (Å²) < 4.78 is 14.8. The van der Waals surface area contributed by atoms with Crippen molar-refractivity contribution in [1.29, 1.82) is 0 Å². The number of nitrogens with zero attached hydrogens (tertiary/aromatic N) is 4. The van der Waals surface area contributed by atoms with E-state index in [1.54, 1.807) is 23.9 Å². The van der Waals surface area contributed by atoms with E-state index in [9.17, 15) is 4.39 Å². The maximum Gasteiger partial charge on any atom is 0.191 e. The molecule has 0 saturated heterocycles. The summed E-state index contributed by atoms with van der Waals surface area (Å²) in [6, 6.07) is 6.70. The molecule has 1 aromatic carbocycles. The van der Waals surface area contributed by atoms with E-state index >= 15 is 0 Å². The molecular weight excluding hydrogens is 283 g/mol. The number of aliphatic imine (C=N–C) groups is 1. The fourth-order valence-electron chi connectivity index (χ4n) is 2.06. The average molecular weight is 304 g/mol. The van der Waals surface area contributed by atoms with Crippen molar-refractivity contribution >= 4 is 5.96 Å². The van der Waals surface area contributed by atoms with Crippen LogP contribution in [0.4, 0.5) is 4.39 Å². The predicted octanol–water partition coefficient (Wildman–Crippen LogP) is 1.25. The maximum absolute atomic E-state index is 13.1. The quantitative estimate of drug-likeness (QED) is 0.479. The molecule has 118 valence electrons. The van der Waals surface area contributed by atoms with Gasteiger partial charge in [-0.25, -0.2) is 9.37 Å². The first kappa shape index (κ1) is 15.9. The summed E-state index contributed by atoms with van der Waals surface area (Å²) in [5, 5.41) is 10.4. The molecule has 0 fully saturated rings. The normalized spacial score (nSPS) is 11.5. The second-order valence-electron chi connectivity index (χ2n) is 4.89. The van der Waals surface area contributed by atoms with Crippen LogP contribution in [0.15, 0.2) is 35.6 Å². The minimum Gasteiger partial charge on any atom is -0.356 e. The molecule has 0 spiro atoms. The Morgan fingerprint density at radius 2 is 2.23 bits per heavy atom. The van der Waals surface area contributed by atoms with Gasteiger partial charge in [0.1, 0.15) is 18.0 Å². The van der Waals surface area contributed by atoms with Crippen LogP contribution < -0.4 is 10.6 Å². The van der Waals surface area contributed by atoms with Gasteiger partial charge in [-0.2, -0.15) is 5.10 Å². The zero-order chi connectivity index (χ0) is 15.8. The highest BCUT2D eigenvalue weighted by Crippen LogP contribution is 2.05. The second kappa shape index (κ2) is 8.11. The summed E-state index contributed by atoms with van der Waals surface area (Å²) >= 11 is 0. The van der Waals surface area contributed by atoms with Gasteiger partial charge in [-0.3, -0.25) is 9.67 Å². The van der Waals surface area contributed by atoms with Gasteiger partial charge < -0.3 is 10.6 Å². The van der Waals surface area contributed by atoms with Gasteiger partial charge in [0, 0.05) is 20.6 Å². The van der Waals surface area contributed by atoms with Crippen LogP contribution in [0, 0.1) is 5.82 Å². The number of nitrogens with one attached hydrogen (secondary N) is 2. The first-order chi connectivity index (χ1) is 10.7. The highest BCUT2D eigenvalue weighted by Gasteiger charge is 2.02. The van der Waals surface area contributed by atoms with Crippen molar-refractivity contribution in [2.45, 2.75) is 19.4 Å². The maximum atomic E-state index is 13.1. The zero-order valence-corrected chi connectivity index (χ0v) is 12.9. The topological polar surface area (TPSA) is 67.1 Å². The largest absolute Gasteiger partial charge is 0.356 e. The number of aryl methyl sites for hydroxylation is 2. The number of aromatic nitrogens is 3. The molecule has 0 atom stereocenters. The number of rotatable bonds is 6. The van der Waals surface area contributed by atoms with Crippen LogP contribution in [0.3, 0.4) is 0 Å². The fourth-order valence-corrected chi connectivity index (χ4v) is 2.06. The van der Waals surface area contributed by atoms with Crippen LogP contribution in [-0.4, -0.2) is 34.3 Å². The number of guanidine groups is 1. The van der Waals surface area contributed by atoms with E-state index in [1.165, 1.54) is 12.4 Å². The molecule has 1 aromatic heterocycles. The van der Waals surface area contributed by atoms with Crippen LogP contribution in [0.5, 0.6) is 0 Å². The van der Waals surface area contributed by atoms with Crippen LogP contribution in [0.1, 0.15) is 17.8 Å². The Morgan fingerprint density at radius 3 is 2.91 bits per heavy atom. The highest BCUT2D eigenvalue weighted by atomic mass is 19.1. The third-order valence-electron chi connectivity index (χ3n) is 3.27. The van der Waals surface area contributed by atoms with Gasteiger partial charge in [-0.1, -0.05) is 12.1 Å². The SMILES string of the molecule is CN=C(NCCCc1cccc(F)c1)NCc1ncnn1C. The first-order valence-corrected chi connectivity index (χ1v) is 7.21. The van der Waals surface area contributed by atoms with Crippen molar-refractivity contribution in [3.8, 4) is 0 Å². The minimum absolute atomic E-state index is 0.188. The van der Waals surface area contributed by atoms with Crippen molar-refractivity contribution in [2.24, 2.45) is 12.0 Å². The van der Waals surface area contributed by atoms with Gasteiger partial charge in [0.25, 0.3) is 0 Å². The highest BCUT2D eigenvalue weighted by molar-refractivity contribution is 5.79. The standard InChI is InChI=1S/C15H21FN6/c1-17-15(19-10-14-20-11-21-22(14)2)18-8-4-6-12-5-3-7-13(16)9-12/h3,5,7,9,11H,4,6,8,10H2,1-2H3,(H2,17,18,19). The predicted molar refractivity (Wildman–Crippen MR) is 83.9 cm³/mol. The molecule has 22 heavy (non-hydrogen) atoms. The van der Waals surface area contributed by atoms with E-state index in [0.29, 0.717) is 12.5 Å². The molecule has 0 amide bonds. The summed E-state index contributed by atoms with van der Waals surface area (Å²) in [7, 11) is 3.57. The lowest BCUT2D eigenvalue weighted by molar-refractivity contribution is 0.624. The summed E-state index contributed by atoms with van der Waals surface area (Å²) in [5.41, 5.74) is 1.00. The van der Waals surface area contributed by atoms with Crippen LogP contribution in [0.25, 0.3) is 0 Å². The monoisotopic (exact) mass is 304 g/mol. The third-order valence-corrected chi connectivity index (χ3v) is 3.27. The van der Waals surface area contributed by atoms with Crippen molar-refractivity contribution in [3.63, 3.8) is 0 Å². The average Bonchev–Trinajstić information content (AvgIpc) is 2.92. The Hall–Kier alpha value is -2.44. The molecule has 0 aliphatic rings. The molecule has 0 aliphatic carbocycles. The molecule has 0 radical (unpaired) electrons. The molecule has 2 aromatic rings. The van der Waals surface area contributed by atoms with E-state index in [2.05, 4.69) is 25.7 Å². The van der Waals surface area contributed by atoms with Gasteiger partial charge in [-0.15, -0.1) is 0 Å². The Bertz CT molecular complexity index is 622. The molecule has 7 heteroatoms. The summed E-state index contributed by atoms with van der Waals surface area (Å²) in [6.07, 6.45) is 3.24. The van der Waals surface area contributed by atoms with Crippen molar-refractivity contribution < 1.29 is 4.39 Å². The van der Waals surface area contributed by atoms with Crippen LogP contribution in [-0.2, 0) is 20.0 Å². The van der Waals surface area contributed by atoms with Gasteiger partial charge in [0.05, 0.1) is 6.54 Å². The minimum atomic E-state index is -0.188. The molecule has 0 aliphatic heterocycles. The van der Waals surface area contributed by atoms with E-state index in [4.69, 9.17) is 0 Å². The van der Waals surface area contributed by atoms with Gasteiger partial charge in [0.15, 0.2) is 5.96 Å². The lowest BCUT2D eigenvalue weighted by Gasteiger charge is -2.11. The zero-order valence-electron chi connectivity index (χ0n) is 12.9. The Morgan fingerprint density at radius 1 is 1.36 bits per heavy atom. The number of benzene rings is 1. The molecule has 0 bridgehead atoms. The lowest BCUT2D eigenvalue weighted by atomic mass is 10.1. The molecule has 2 rings (SSSR count). The Kier molecular flexibility index (Phi) is 5.88. The number of hydrogen-bond donors (Lipinski definition) is 2. The third kappa shape index (κ3) is 4.83. The van der Waals surface area contributed by atoms with E-state index < -0.39 is 0 Å². The van der Waals surface area contributed by atoms with Crippen molar-refractivity contribution in [3.05, 3.63) is 47.8 Å². The van der Waals surface area contributed by atoms with Gasteiger partial charge >= 0.3 is 0 Å². The van der Waals surface area contributed by atoms with E-state index in [1.807, 2.05) is 13.1 Å². The number of hydrogen-bond acceptors (Lipinski definition) is 3. The number of halogens is 1. The molecular formula is C15H21FN6. The van der Waals surface area contributed by atoms with Gasteiger partial charge in [-0.05, 0) is 30.5 Å². The van der Waals surface area contributed by atoms with Crippen molar-refractivity contribution in [2.75, 3.05) is 13.6 Å². The lowest BCUT2D eigenvalue weighted by Crippen LogP contribution is -2.38. The smallest absolute Gasteiger partial charge is 0.191 e. The second-order valence-corrected chi connectivity index (χ2v) is 4.89. The molecule has 2 N–H and O–H groups in total. The summed E-state index contributed by atoms with van der Waals surface area (Å²) in [4.78, 5) is 8.29. The summed E-state index contributed by atoms with van der Waals surface area (Å²) in [6.45, 7) is 1.31. The van der Waals surface area contributed by atoms with Crippen LogP contribution in [0.2, 0.25) is 0 Å². The molecule has 1 heterocycles. The molecule has 0 unspecified atom stereocenters. The Labute approximate surface area is 129 Å². The van der Waals surface area contributed by atoms with Gasteiger partial charge in [0.2, 0.25) is 0 Å². The van der Waals surface area contributed by atoms with Crippen LogP contribution >= 0.6 is 0 Å². The molecule has 0 saturated carbocycles. The molecule has 6 nitrogen and oxygen atoms in total. The first-order valence-electron chi connectivity index (χ1n) is 7.21. The Balaban J connectivity index is 1.69. The van der Waals surface area contributed by atoms with E-state index in [-0.39, 0.29) is 5.82 Å². The fraction of sp³-hybridized carbons (Fsp3) is 0.400. The van der Waals surface area contributed by atoms with E-state index in [0.717, 1.165) is 30.8 Å².